The number of pyridine rings is 1. The van der Waals surface area contributed by atoms with Gasteiger partial charge in [-0.2, -0.15) is 0 Å². The molecule has 1 aliphatic heterocycles. The number of halogens is 4. The molecular weight excluding hydrogens is 632 g/mol. The first-order chi connectivity index (χ1) is 23.2. The lowest BCUT2D eigenvalue weighted by Gasteiger charge is -2.44. The van der Waals surface area contributed by atoms with E-state index < -0.39 is 29.7 Å². The maximum absolute atomic E-state index is 15.1. The van der Waals surface area contributed by atoms with Gasteiger partial charge >= 0.3 is 0 Å². The van der Waals surface area contributed by atoms with Crippen molar-refractivity contribution in [1.29, 1.82) is 0 Å². The molecule has 4 N–H and O–H groups in total. The van der Waals surface area contributed by atoms with Crippen LogP contribution in [0.25, 0.3) is 22.4 Å². The van der Waals surface area contributed by atoms with Crippen LogP contribution in [-0.4, -0.2) is 74.6 Å². The van der Waals surface area contributed by atoms with Gasteiger partial charge in [0.1, 0.15) is 30.5 Å². The minimum atomic E-state index is -3.02. The molecule has 0 radical (unpaired) electrons. The van der Waals surface area contributed by atoms with Crippen LogP contribution >= 0.6 is 0 Å². The number of nitrogens with zero attached hydrogens (tertiary/aromatic N) is 6. The van der Waals surface area contributed by atoms with Crippen LogP contribution in [0.5, 0.6) is 5.75 Å². The fourth-order valence-corrected chi connectivity index (χ4v) is 5.91. The van der Waals surface area contributed by atoms with Crippen LogP contribution in [0.15, 0.2) is 67.4 Å². The molecule has 1 saturated heterocycles. The van der Waals surface area contributed by atoms with Gasteiger partial charge in [0.15, 0.2) is 23.0 Å². The number of aromatic nitrogens is 5. The van der Waals surface area contributed by atoms with Crippen molar-refractivity contribution in [1.82, 2.24) is 24.5 Å². The van der Waals surface area contributed by atoms with Gasteiger partial charge in [-0.1, -0.05) is 30.3 Å². The zero-order valence-corrected chi connectivity index (χ0v) is 26.0. The van der Waals surface area contributed by atoms with Gasteiger partial charge in [-0.05, 0) is 36.1 Å². The number of hydrogen-bond donors (Lipinski definition) is 3. The van der Waals surface area contributed by atoms with Crippen LogP contribution in [-0.2, 0) is 17.9 Å². The molecule has 0 bridgehead atoms. The third-order valence-corrected chi connectivity index (χ3v) is 8.40. The molecule has 0 aliphatic carbocycles. The highest BCUT2D eigenvalue weighted by Crippen LogP contribution is 2.35. The Kier molecular flexibility index (Phi) is 9.71. The Morgan fingerprint density at radius 1 is 1.06 bits per heavy atom. The second-order valence-corrected chi connectivity index (χ2v) is 11.6. The summed E-state index contributed by atoms with van der Waals surface area (Å²) in [5.41, 5.74) is 7.85. The minimum absolute atomic E-state index is 0.0814. The number of imidazole rings is 1. The van der Waals surface area contributed by atoms with Gasteiger partial charge in [-0.15, -0.1) is 0 Å². The van der Waals surface area contributed by atoms with Crippen molar-refractivity contribution in [2.24, 2.45) is 5.73 Å². The van der Waals surface area contributed by atoms with Crippen LogP contribution in [0.1, 0.15) is 24.0 Å². The molecule has 5 aromatic rings. The SMILES string of the molecule is COc1cc(F)c(-c2cc(Cn3cnc4c(NCOCc5ccccc5)ncnc43)c(N3CCC[C@](N)([C@H](O)C(F)F)C3)cn2)cc1F. The lowest BCUT2D eigenvalue weighted by Crippen LogP contribution is -2.63. The summed E-state index contributed by atoms with van der Waals surface area (Å²) in [7, 11) is 1.24. The highest BCUT2D eigenvalue weighted by atomic mass is 19.3. The summed E-state index contributed by atoms with van der Waals surface area (Å²) >= 11 is 0. The molecule has 48 heavy (non-hydrogen) atoms. The largest absolute Gasteiger partial charge is 0.494 e. The zero-order chi connectivity index (χ0) is 33.8. The predicted octanol–water partition coefficient (Wildman–Crippen LogP) is 4.73. The van der Waals surface area contributed by atoms with Crippen LogP contribution in [0.2, 0.25) is 0 Å². The van der Waals surface area contributed by atoms with Gasteiger partial charge in [0, 0.05) is 24.7 Å². The standard InChI is InChI=1S/C33H34F4N8O3/c1-47-27-12-23(34)22(11-24(27)35)25-10-21(26(13-39-25)44-9-5-8-33(38,16-44)29(46)30(36)37)14-45-18-42-28-31(40-17-41-32(28)45)43-19-48-15-20-6-3-2-4-7-20/h2-4,6-7,10-13,17-18,29-30,46H,5,8-9,14-16,19,38H2,1H3,(H,40,41,43)/t29-,33-/m1/s1. The number of benzene rings is 2. The fourth-order valence-electron chi connectivity index (χ4n) is 5.91. The van der Waals surface area contributed by atoms with E-state index in [1.807, 2.05) is 30.3 Å². The smallest absolute Gasteiger partial charge is 0.265 e. The third kappa shape index (κ3) is 6.88. The van der Waals surface area contributed by atoms with E-state index in [-0.39, 0.29) is 43.2 Å². The summed E-state index contributed by atoms with van der Waals surface area (Å²) in [4.78, 5) is 19.5. The van der Waals surface area contributed by atoms with E-state index >= 15 is 4.39 Å². The summed E-state index contributed by atoms with van der Waals surface area (Å²) in [6, 6.07) is 13.3. The molecule has 2 aromatic carbocycles. The minimum Gasteiger partial charge on any atom is -0.494 e. The molecule has 1 aliphatic rings. The highest BCUT2D eigenvalue weighted by Gasteiger charge is 2.43. The van der Waals surface area contributed by atoms with Crippen LogP contribution in [0.4, 0.5) is 29.1 Å². The van der Waals surface area contributed by atoms with Crippen molar-refractivity contribution in [3.63, 3.8) is 0 Å². The molecule has 3 aromatic heterocycles. The van der Waals surface area contributed by atoms with Crippen molar-refractivity contribution in [3.8, 4) is 17.0 Å². The Hall–Kier alpha value is -4.86. The van der Waals surface area contributed by atoms with E-state index in [0.29, 0.717) is 47.8 Å². The predicted molar refractivity (Wildman–Crippen MR) is 171 cm³/mol. The average molecular weight is 667 g/mol. The number of anilines is 2. The van der Waals surface area contributed by atoms with Gasteiger partial charge in [0.25, 0.3) is 6.43 Å². The van der Waals surface area contributed by atoms with Gasteiger partial charge in [0.2, 0.25) is 0 Å². The Labute approximate surface area is 273 Å². The lowest BCUT2D eigenvalue weighted by molar-refractivity contribution is -0.0529. The van der Waals surface area contributed by atoms with Gasteiger partial charge in [-0.25, -0.2) is 32.5 Å². The average Bonchev–Trinajstić information content (AvgIpc) is 3.50. The number of fused-ring (bicyclic) bond motifs is 1. The summed E-state index contributed by atoms with van der Waals surface area (Å²) in [5.74, 6) is -1.32. The summed E-state index contributed by atoms with van der Waals surface area (Å²) in [6.07, 6.45) is -0.0131. The van der Waals surface area contributed by atoms with Crippen molar-refractivity contribution < 1.29 is 32.1 Å². The summed E-state index contributed by atoms with van der Waals surface area (Å²) < 4.78 is 69.3. The van der Waals surface area contributed by atoms with Crippen LogP contribution < -0.4 is 20.7 Å². The number of aliphatic hydroxyl groups is 1. The van der Waals surface area contributed by atoms with Gasteiger partial charge in [-0.3, -0.25) is 4.98 Å². The number of aliphatic hydroxyl groups excluding tert-OH is 1. The first kappa shape index (κ1) is 33.1. The second-order valence-electron chi connectivity index (χ2n) is 11.6. The van der Waals surface area contributed by atoms with Crippen molar-refractivity contribution in [3.05, 3.63) is 90.1 Å². The molecule has 0 unspecified atom stereocenters. The number of methoxy groups -OCH3 is 1. The summed E-state index contributed by atoms with van der Waals surface area (Å²) in [6.45, 7) is 1.06. The molecule has 15 heteroatoms. The number of alkyl halides is 2. The third-order valence-electron chi connectivity index (χ3n) is 8.40. The number of piperidine rings is 1. The number of nitrogens with two attached hydrogens (primary N) is 1. The monoisotopic (exact) mass is 666 g/mol. The van der Waals surface area contributed by atoms with E-state index in [1.165, 1.54) is 19.6 Å². The normalized spacial score (nSPS) is 17.2. The maximum Gasteiger partial charge on any atom is 0.265 e. The van der Waals surface area contributed by atoms with Crippen LogP contribution in [0, 0.1) is 11.6 Å². The molecule has 4 heterocycles. The first-order valence-corrected chi connectivity index (χ1v) is 15.2. The number of ether oxygens (including phenoxy) is 2. The van der Waals surface area contributed by atoms with Crippen LogP contribution in [0.3, 0.4) is 0 Å². The number of rotatable bonds is 12. The van der Waals surface area contributed by atoms with Crippen molar-refractivity contribution in [2.75, 3.05) is 37.1 Å². The molecule has 1 fully saturated rings. The first-order valence-electron chi connectivity index (χ1n) is 15.2. The van der Waals surface area contributed by atoms with Crippen molar-refractivity contribution in [2.45, 2.75) is 44.1 Å². The van der Waals surface area contributed by atoms with E-state index in [9.17, 15) is 18.3 Å². The molecule has 6 rings (SSSR count). The molecule has 11 nitrogen and oxygen atoms in total. The Balaban J connectivity index is 1.32. The molecule has 2 atom stereocenters. The summed E-state index contributed by atoms with van der Waals surface area (Å²) in [5, 5.41) is 13.4. The van der Waals surface area contributed by atoms with Gasteiger partial charge in [0.05, 0.1) is 49.7 Å². The topological polar surface area (TPSA) is 136 Å². The second kappa shape index (κ2) is 14.1. The van der Waals surface area contributed by atoms with E-state index in [1.54, 1.807) is 21.9 Å². The maximum atomic E-state index is 15.1. The van der Waals surface area contributed by atoms with E-state index in [4.69, 9.17) is 15.2 Å². The highest BCUT2D eigenvalue weighted by molar-refractivity contribution is 5.82. The Morgan fingerprint density at radius 3 is 2.65 bits per heavy atom. The fraction of sp³-hybridized carbons (Fsp3) is 0.333. The zero-order valence-electron chi connectivity index (χ0n) is 26.0. The number of hydrogen-bond acceptors (Lipinski definition) is 10. The molecule has 0 saturated carbocycles. The van der Waals surface area contributed by atoms with Crippen molar-refractivity contribution >= 4 is 22.7 Å². The number of nitrogens with one attached hydrogen (secondary N) is 1. The lowest BCUT2D eigenvalue weighted by atomic mass is 9.84. The molecular formula is C33H34F4N8O3. The van der Waals surface area contributed by atoms with Gasteiger partial charge < -0.3 is 35.1 Å². The molecule has 252 valence electrons. The Morgan fingerprint density at radius 2 is 1.88 bits per heavy atom. The van der Waals surface area contributed by atoms with E-state index in [2.05, 4.69) is 25.3 Å². The van der Waals surface area contributed by atoms with E-state index in [0.717, 1.165) is 17.7 Å². The molecule has 0 amide bonds. The quantitative estimate of drug-likeness (QED) is 0.0974. The molecule has 0 spiro atoms. The Bertz CT molecular complexity index is 1880.